The van der Waals surface area contributed by atoms with Gasteiger partial charge in [-0.25, -0.2) is 4.98 Å². The van der Waals surface area contributed by atoms with Gasteiger partial charge in [0.2, 0.25) is 0 Å². The highest BCUT2D eigenvalue weighted by atomic mass is 19.4. The number of nitrogens with zero attached hydrogens (tertiary/aromatic N) is 3. The number of H-pyrrole nitrogens is 1. The molecular formula is C22H24F3N5O2. The molecule has 170 valence electrons. The molecule has 1 fully saturated rings. The number of alkyl halides is 3. The van der Waals surface area contributed by atoms with E-state index in [9.17, 15) is 18.0 Å². The summed E-state index contributed by atoms with van der Waals surface area (Å²) in [7, 11) is 0. The number of benzene rings is 1. The third kappa shape index (κ3) is 5.31. The van der Waals surface area contributed by atoms with Crippen LogP contribution in [0, 0.1) is 0 Å². The third-order valence-corrected chi connectivity index (χ3v) is 5.48. The van der Waals surface area contributed by atoms with Gasteiger partial charge in [0.25, 0.3) is 5.91 Å². The van der Waals surface area contributed by atoms with E-state index in [0.29, 0.717) is 17.4 Å². The number of pyridine rings is 1. The lowest BCUT2D eigenvalue weighted by atomic mass is 10.2. The quantitative estimate of drug-likeness (QED) is 0.605. The SMILES string of the molecule is CCN1CCN(c2cc(CNC(=O)c3cc4ccc(OC(F)(F)F)cc4[nH]3)ccn2)CC1. The number of hydrogen-bond donors (Lipinski definition) is 2. The number of aromatic nitrogens is 2. The van der Waals surface area contributed by atoms with Gasteiger partial charge in [-0.3, -0.25) is 4.79 Å². The standard InChI is InChI=1S/C22H24F3N5O2/c1-2-29-7-9-30(10-8-29)20-11-15(5-6-26-20)14-27-21(31)19-12-16-3-4-17(13-18(16)28-19)32-22(23,24)25/h3-6,11-13,28H,2,7-10,14H2,1H3,(H,27,31). The van der Waals surface area contributed by atoms with Crippen LogP contribution in [0.2, 0.25) is 0 Å². The summed E-state index contributed by atoms with van der Waals surface area (Å²) >= 11 is 0. The molecule has 2 N–H and O–H groups in total. The van der Waals surface area contributed by atoms with Gasteiger partial charge in [-0.2, -0.15) is 0 Å². The number of halogens is 3. The van der Waals surface area contributed by atoms with Crippen LogP contribution < -0.4 is 15.0 Å². The number of rotatable bonds is 6. The minimum absolute atomic E-state index is 0.258. The lowest BCUT2D eigenvalue weighted by Crippen LogP contribution is -2.46. The van der Waals surface area contributed by atoms with Crippen LogP contribution in [0.1, 0.15) is 23.0 Å². The van der Waals surface area contributed by atoms with Crippen molar-refractivity contribution in [3.05, 3.63) is 53.9 Å². The molecular weight excluding hydrogens is 423 g/mol. The van der Waals surface area contributed by atoms with E-state index in [-0.39, 0.29) is 17.4 Å². The number of aromatic amines is 1. The van der Waals surface area contributed by atoms with E-state index in [1.54, 1.807) is 12.3 Å². The average Bonchev–Trinajstić information content (AvgIpc) is 3.20. The molecule has 1 saturated heterocycles. The molecule has 0 bridgehead atoms. The number of ether oxygens (including phenoxy) is 1. The van der Waals surface area contributed by atoms with Crippen molar-refractivity contribution in [2.75, 3.05) is 37.6 Å². The fourth-order valence-corrected chi connectivity index (χ4v) is 3.74. The molecule has 0 radical (unpaired) electrons. The zero-order valence-electron chi connectivity index (χ0n) is 17.6. The molecule has 7 nitrogen and oxygen atoms in total. The zero-order valence-corrected chi connectivity index (χ0v) is 17.6. The van der Waals surface area contributed by atoms with Crippen LogP contribution in [0.5, 0.6) is 5.75 Å². The van der Waals surface area contributed by atoms with Gasteiger partial charge in [0.15, 0.2) is 0 Å². The van der Waals surface area contributed by atoms with Crippen molar-refractivity contribution in [3.63, 3.8) is 0 Å². The summed E-state index contributed by atoms with van der Waals surface area (Å²) in [6.45, 7) is 7.31. The molecule has 1 aromatic carbocycles. The molecule has 1 aliphatic rings. The second-order valence-electron chi connectivity index (χ2n) is 7.61. The first-order valence-corrected chi connectivity index (χ1v) is 10.4. The lowest BCUT2D eigenvalue weighted by molar-refractivity contribution is -0.274. The van der Waals surface area contributed by atoms with Crippen molar-refractivity contribution in [3.8, 4) is 5.75 Å². The summed E-state index contributed by atoms with van der Waals surface area (Å²) in [5, 5.41) is 3.45. The van der Waals surface area contributed by atoms with Crippen LogP contribution in [0.4, 0.5) is 19.0 Å². The number of anilines is 1. The topological polar surface area (TPSA) is 73.5 Å². The van der Waals surface area contributed by atoms with Crippen molar-refractivity contribution in [2.45, 2.75) is 19.8 Å². The summed E-state index contributed by atoms with van der Waals surface area (Å²) in [6.07, 6.45) is -3.04. The number of hydrogen-bond acceptors (Lipinski definition) is 5. The Bertz CT molecular complexity index is 1090. The highest BCUT2D eigenvalue weighted by molar-refractivity contribution is 5.98. The summed E-state index contributed by atoms with van der Waals surface area (Å²) in [5.41, 5.74) is 1.56. The Kier molecular flexibility index (Phi) is 6.22. The van der Waals surface area contributed by atoms with Crippen molar-refractivity contribution in [1.82, 2.24) is 20.2 Å². The molecule has 32 heavy (non-hydrogen) atoms. The van der Waals surface area contributed by atoms with Crippen LogP contribution >= 0.6 is 0 Å². The van der Waals surface area contributed by atoms with E-state index >= 15 is 0 Å². The maximum atomic E-state index is 12.6. The predicted molar refractivity (Wildman–Crippen MR) is 115 cm³/mol. The molecule has 0 unspecified atom stereocenters. The first kappa shape index (κ1) is 21.9. The molecule has 0 spiro atoms. The lowest BCUT2D eigenvalue weighted by Gasteiger charge is -2.34. The predicted octanol–water partition coefficient (Wildman–Crippen LogP) is 3.53. The second-order valence-corrected chi connectivity index (χ2v) is 7.61. The van der Waals surface area contributed by atoms with Gasteiger partial charge in [-0.15, -0.1) is 13.2 Å². The first-order valence-electron chi connectivity index (χ1n) is 10.4. The number of nitrogens with one attached hydrogen (secondary N) is 2. The van der Waals surface area contributed by atoms with Crippen molar-refractivity contribution in [1.29, 1.82) is 0 Å². The minimum atomic E-state index is -4.77. The molecule has 0 aliphatic carbocycles. The molecule has 0 saturated carbocycles. The highest BCUT2D eigenvalue weighted by Crippen LogP contribution is 2.26. The Morgan fingerprint density at radius 3 is 2.66 bits per heavy atom. The number of fused-ring (bicyclic) bond motifs is 1. The van der Waals surface area contributed by atoms with E-state index in [0.717, 1.165) is 44.1 Å². The molecule has 0 atom stereocenters. The van der Waals surface area contributed by atoms with Crippen molar-refractivity contribution < 1.29 is 22.7 Å². The van der Waals surface area contributed by atoms with E-state index in [4.69, 9.17) is 0 Å². The van der Waals surface area contributed by atoms with Crippen molar-refractivity contribution in [2.24, 2.45) is 0 Å². The molecule has 10 heteroatoms. The molecule has 4 rings (SSSR count). The number of amides is 1. The van der Waals surface area contributed by atoms with Crippen LogP contribution in [-0.4, -0.2) is 59.9 Å². The van der Waals surface area contributed by atoms with Crippen LogP contribution in [0.15, 0.2) is 42.6 Å². The van der Waals surface area contributed by atoms with Gasteiger partial charge in [0, 0.05) is 55.9 Å². The second kappa shape index (κ2) is 9.07. The Balaban J connectivity index is 1.39. The minimum Gasteiger partial charge on any atom is -0.406 e. The van der Waals surface area contributed by atoms with E-state index in [1.165, 1.54) is 18.2 Å². The molecule has 3 heterocycles. The van der Waals surface area contributed by atoms with Gasteiger partial charge in [-0.1, -0.05) is 6.92 Å². The van der Waals surface area contributed by atoms with Crippen LogP contribution in [0.25, 0.3) is 10.9 Å². The number of likely N-dealkylation sites (N-methyl/N-ethyl adjacent to an activating group) is 1. The van der Waals surface area contributed by atoms with Gasteiger partial charge < -0.3 is 24.8 Å². The Morgan fingerprint density at radius 2 is 1.94 bits per heavy atom. The third-order valence-electron chi connectivity index (χ3n) is 5.48. The maximum Gasteiger partial charge on any atom is 0.573 e. The summed E-state index contributed by atoms with van der Waals surface area (Å²) < 4.78 is 41.2. The zero-order chi connectivity index (χ0) is 22.7. The van der Waals surface area contributed by atoms with Gasteiger partial charge in [-0.05, 0) is 42.4 Å². The van der Waals surface area contributed by atoms with Crippen LogP contribution in [-0.2, 0) is 6.54 Å². The van der Waals surface area contributed by atoms with Crippen molar-refractivity contribution >= 4 is 22.6 Å². The van der Waals surface area contributed by atoms with E-state index < -0.39 is 6.36 Å². The summed E-state index contributed by atoms with van der Waals surface area (Å²) in [5.74, 6) is 0.188. The first-order chi connectivity index (χ1) is 15.3. The Hall–Kier alpha value is -3.27. The molecule has 1 aliphatic heterocycles. The molecule has 3 aromatic rings. The Morgan fingerprint density at radius 1 is 1.16 bits per heavy atom. The van der Waals surface area contributed by atoms with E-state index in [2.05, 4.69) is 36.7 Å². The monoisotopic (exact) mass is 447 g/mol. The number of piperazine rings is 1. The van der Waals surface area contributed by atoms with Gasteiger partial charge in [0.1, 0.15) is 17.3 Å². The smallest absolute Gasteiger partial charge is 0.406 e. The fourth-order valence-electron chi connectivity index (χ4n) is 3.74. The van der Waals surface area contributed by atoms with Crippen LogP contribution in [0.3, 0.4) is 0 Å². The number of carbonyl (C=O) groups excluding carboxylic acids is 1. The summed E-state index contributed by atoms with van der Waals surface area (Å²) in [4.78, 5) is 24.5. The molecule has 1 amide bonds. The van der Waals surface area contributed by atoms with E-state index in [1.807, 2.05) is 12.1 Å². The Labute approximate surface area is 183 Å². The largest absolute Gasteiger partial charge is 0.573 e. The van der Waals surface area contributed by atoms with Gasteiger partial charge >= 0.3 is 6.36 Å². The number of carbonyl (C=O) groups is 1. The molecule has 2 aromatic heterocycles. The average molecular weight is 447 g/mol. The maximum absolute atomic E-state index is 12.6. The highest BCUT2D eigenvalue weighted by Gasteiger charge is 2.31. The normalized spacial score (nSPS) is 15.2. The van der Waals surface area contributed by atoms with Gasteiger partial charge in [0.05, 0.1) is 0 Å². The summed E-state index contributed by atoms with van der Waals surface area (Å²) in [6, 6.07) is 9.30. The fraction of sp³-hybridized carbons (Fsp3) is 0.364.